The Hall–Kier alpha value is -2.68. The number of fused-ring (bicyclic) bond motifs is 2. The third-order valence-electron chi connectivity index (χ3n) is 7.89. The lowest BCUT2D eigenvalue weighted by atomic mass is 9.74. The number of ether oxygens (including phenoxy) is 2. The van der Waals surface area contributed by atoms with Gasteiger partial charge in [-0.1, -0.05) is 48.0 Å². The minimum absolute atomic E-state index is 0.217. The molecule has 2 saturated heterocycles. The van der Waals surface area contributed by atoms with Gasteiger partial charge in [0.2, 0.25) is 5.91 Å². The molecule has 4 aliphatic heterocycles. The van der Waals surface area contributed by atoms with Crippen LogP contribution in [0.15, 0.2) is 42.5 Å². The molecule has 4 aliphatic rings. The number of hydrogen-bond acceptors (Lipinski definition) is 6. The number of aliphatic hydroxyl groups is 1. The van der Waals surface area contributed by atoms with Crippen molar-refractivity contribution in [2.24, 2.45) is 11.8 Å². The summed E-state index contributed by atoms with van der Waals surface area (Å²) in [5.41, 5.74) is -1.19. The Bertz CT molecular complexity index is 1150. The highest BCUT2D eigenvalue weighted by Crippen LogP contribution is 2.57. The van der Waals surface area contributed by atoms with E-state index in [0.29, 0.717) is 23.6 Å². The van der Waals surface area contributed by atoms with Gasteiger partial charge in [0.1, 0.15) is 17.6 Å². The fourth-order valence-electron chi connectivity index (χ4n) is 6.30. The Balaban J connectivity index is 1.69. The average Bonchev–Trinajstić information content (AvgIpc) is 3.19. The summed E-state index contributed by atoms with van der Waals surface area (Å²) in [6.45, 7) is 5.44. The highest BCUT2D eigenvalue weighted by molar-refractivity contribution is 6.34. The van der Waals surface area contributed by atoms with E-state index in [2.05, 4.69) is 0 Å². The molecular weight excluding hydrogens is 484 g/mol. The van der Waals surface area contributed by atoms with E-state index in [1.54, 1.807) is 37.0 Å². The zero-order valence-electron chi connectivity index (χ0n) is 20.6. The Kier molecular flexibility index (Phi) is 6.25. The molecule has 2 amide bonds. The fourth-order valence-corrected chi connectivity index (χ4v) is 6.63. The van der Waals surface area contributed by atoms with Gasteiger partial charge in [0.05, 0.1) is 41.5 Å². The van der Waals surface area contributed by atoms with E-state index in [-0.39, 0.29) is 25.7 Å². The molecule has 1 unspecified atom stereocenters. The van der Waals surface area contributed by atoms with Crippen molar-refractivity contribution in [3.05, 3.63) is 53.1 Å². The molecule has 8 nitrogen and oxygen atoms in total. The summed E-state index contributed by atoms with van der Waals surface area (Å²) in [5.74, 6) is -3.22. The number of cyclic esters (lactones) is 1. The maximum absolute atomic E-state index is 14.4. The Morgan fingerprint density at radius 3 is 2.67 bits per heavy atom. The van der Waals surface area contributed by atoms with Crippen molar-refractivity contribution in [1.29, 1.82) is 0 Å². The van der Waals surface area contributed by atoms with Crippen LogP contribution in [0.1, 0.15) is 32.3 Å². The number of carbonyl (C=O) groups is 3. The van der Waals surface area contributed by atoms with E-state index < -0.39 is 47.0 Å². The molecule has 1 aromatic rings. The summed E-state index contributed by atoms with van der Waals surface area (Å²) in [5, 5.41) is 10.5. The lowest BCUT2D eigenvalue weighted by Crippen LogP contribution is -2.58. The number of halogens is 1. The van der Waals surface area contributed by atoms with Crippen molar-refractivity contribution in [2.45, 2.75) is 56.9 Å². The number of allylic oxidation sites excluding steroid dienone is 1. The van der Waals surface area contributed by atoms with Gasteiger partial charge in [0.15, 0.2) is 0 Å². The Labute approximate surface area is 215 Å². The Morgan fingerprint density at radius 1 is 1.17 bits per heavy atom. The number of aryl methyl sites for hydroxylation is 1. The first-order valence-electron chi connectivity index (χ1n) is 12.4. The van der Waals surface area contributed by atoms with Crippen LogP contribution in [-0.2, 0) is 23.9 Å². The highest BCUT2D eigenvalue weighted by atomic mass is 35.5. The number of hydrogen-bond donors (Lipinski definition) is 1. The predicted molar refractivity (Wildman–Crippen MR) is 133 cm³/mol. The van der Waals surface area contributed by atoms with E-state index in [9.17, 15) is 19.5 Å². The molecule has 6 atom stereocenters. The number of benzene rings is 1. The van der Waals surface area contributed by atoms with Gasteiger partial charge >= 0.3 is 5.97 Å². The number of amides is 2. The first-order chi connectivity index (χ1) is 17.2. The molecule has 1 spiro atoms. The zero-order chi connectivity index (χ0) is 25.8. The van der Waals surface area contributed by atoms with Crippen molar-refractivity contribution in [3.63, 3.8) is 0 Å². The van der Waals surface area contributed by atoms with Gasteiger partial charge in [-0.2, -0.15) is 0 Å². The number of rotatable bonds is 3. The van der Waals surface area contributed by atoms with Crippen molar-refractivity contribution in [1.82, 2.24) is 4.90 Å². The number of esters is 1. The molecule has 2 fully saturated rings. The van der Waals surface area contributed by atoms with Gasteiger partial charge in [0, 0.05) is 6.54 Å². The molecule has 0 bridgehead atoms. The second kappa shape index (κ2) is 9.01. The van der Waals surface area contributed by atoms with Gasteiger partial charge in [0.25, 0.3) is 5.91 Å². The normalized spacial score (nSPS) is 35.7. The topological polar surface area (TPSA) is 96.4 Å². The van der Waals surface area contributed by atoms with Crippen LogP contribution < -0.4 is 4.90 Å². The zero-order valence-corrected chi connectivity index (χ0v) is 21.4. The van der Waals surface area contributed by atoms with Gasteiger partial charge in [-0.3, -0.25) is 14.4 Å². The first kappa shape index (κ1) is 25.0. The number of para-hydroxylation sites is 1. The van der Waals surface area contributed by atoms with Gasteiger partial charge in [-0.15, -0.1) is 0 Å². The summed E-state index contributed by atoms with van der Waals surface area (Å²) < 4.78 is 12.3. The lowest BCUT2D eigenvalue weighted by Gasteiger charge is -2.39. The minimum Gasteiger partial charge on any atom is -0.465 e. The van der Waals surface area contributed by atoms with E-state index in [4.69, 9.17) is 21.1 Å². The second-order valence-corrected chi connectivity index (χ2v) is 10.7. The molecule has 1 aromatic carbocycles. The van der Waals surface area contributed by atoms with Crippen molar-refractivity contribution in [2.75, 3.05) is 24.7 Å². The molecular formula is C27H31ClN2O6. The molecule has 0 aliphatic carbocycles. The SMILES string of the molecule is Cc1cccc(Cl)c1N1CC=C[C@]23O[C@@]4(C)/C=C\CCCOC(=O)[C@H]4[C@H]2C(=O)N([C@H](C)CO)C3C1=O. The first-order valence-corrected chi connectivity index (χ1v) is 12.8. The number of anilines is 1. The molecule has 36 heavy (non-hydrogen) atoms. The molecule has 0 radical (unpaired) electrons. The molecule has 192 valence electrons. The van der Waals surface area contributed by atoms with E-state index in [0.717, 1.165) is 5.56 Å². The van der Waals surface area contributed by atoms with Gasteiger partial charge in [-0.05, 0) is 45.2 Å². The highest BCUT2D eigenvalue weighted by Gasteiger charge is 2.75. The fraction of sp³-hybridized carbons (Fsp3) is 0.519. The van der Waals surface area contributed by atoms with Crippen LogP contribution >= 0.6 is 11.6 Å². The summed E-state index contributed by atoms with van der Waals surface area (Å²) in [4.78, 5) is 44.8. The monoisotopic (exact) mass is 514 g/mol. The quantitative estimate of drug-likeness (QED) is 0.492. The second-order valence-electron chi connectivity index (χ2n) is 10.2. The van der Waals surface area contributed by atoms with Crippen molar-refractivity contribution >= 4 is 35.1 Å². The maximum Gasteiger partial charge on any atom is 0.313 e. The van der Waals surface area contributed by atoms with Crippen LogP contribution in [-0.4, -0.2) is 70.8 Å². The number of carbonyl (C=O) groups excluding carboxylic acids is 3. The van der Waals surface area contributed by atoms with Crippen LogP contribution in [0.25, 0.3) is 0 Å². The van der Waals surface area contributed by atoms with Gasteiger partial charge < -0.3 is 24.4 Å². The molecule has 9 heteroatoms. The van der Waals surface area contributed by atoms with Crippen LogP contribution in [0.3, 0.4) is 0 Å². The Morgan fingerprint density at radius 2 is 1.94 bits per heavy atom. The number of aliphatic hydroxyl groups excluding tert-OH is 1. The lowest BCUT2D eigenvalue weighted by molar-refractivity contribution is -0.159. The van der Waals surface area contributed by atoms with Crippen LogP contribution in [0, 0.1) is 18.8 Å². The summed E-state index contributed by atoms with van der Waals surface area (Å²) in [6.07, 6.45) is 8.73. The van der Waals surface area contributed by atoms with E-state index in [1.165, 1.54) is 4.90 Å². The van der Waals surface area contributed by atoms with E-state index >= 15 is 0 Å². The molecule has 0 aromatic heterocycles. The largest absolute Gasteiger partial charge is 0.465 e. The predicted octanol–water partition coefficient (Wildman–Crippen LogP) is 2.80. The van der Waals surface area contributed by atoms with Crippen LogP contribution in [0.4, 0.5) is 5.69 Å². The van der Waals surface area contributed by atoms with Crippen LogP contribution in [0.2, 0.25) is 5.02 Å². The third-order valence-corrected chi connectivity index (χ3v) is 8.19. The van der Waals surface area contributed by atoms with Crippen LogP contribution in [0.5, 0.6) is 0 Å². The molecule has 4 heterocycles. The third kappa shape index (κ3) is 3.53. The molecule has 1 N–H and O–H groups in total. The van der Waals surface area contributed by atoms with Crippen molar-refractivity contribution in [3.8, 4) is 0 Å². The average molecular weight is 515 g/mol. The number of likely N-dealkylation sites (tertiary alicyclic amines) is 1. The van der Waals surface area contributed by atoms with E-state index in [1.807, 2.05) is 31.2 Å². The maximum atomic E-state index is 14.4. The standard InChI is InChI=1S/C27H31ClN2O6/c1-16-9-7-10-18(28)21(16)29-13-8-12-27-19(23(32)30(17(2)15-31)22(27)24(29)33)20-25(34)35-14-6-4-5-11-26(20,3)36-27/h5,7-12,17,19-20,22,31H,4,6,13-15H2,1-3H3/b11-5-/t17-,19+,20-,22?,26+,27+/m1/s1. The summed E-state index contributed by atoms with van der Waals surface area (Å²) in [7, 11) is 0. The molecule has 5 rings (SSSR count). The minimum atomic E-state index is -1.41. The smallest absolute Gasteiger partial charge is 0.313 e. The molecule has 0 saturated carbocycles. The summed E-state index contributed by atoms with van der Waals surface area (Å²) >= 11 is 6.54. The van der Waals surface area contributed by atoms with Crippen molar-refractivity contribution < 1.29 is 29.0 Å². The summed E-state index contributed by atoms with van der Waals surface area (Å²) in [6, 6.07) is 3.63. The number of nitrogens with zero attached hydrogens (tertiary/aromatic N) is 2. The van der Waals surface area contributed by atoms with Gasteiger partial charge in [-0.25, -0.2) is 0 Å².